The van der Waals surface area contributed by atoms with Gasteiger partial charge in [-0.05, 0) is 49.1 Å². The van der Waals surface area contributed by atoms with E-state index in [2.05, 4.69) is 13.5 Å². The summed E-state index contributed by atoms with van der Waals surface area (Å²) in [6.45, 7) is 9.97. The topological polar surface area (TPSA) is 88.1 Å². The maximum absolute atomic E-state index is 13.2. The quantitative estimate of drug-likeness (QED) is 0.171. The molecule has 0 aliphatic heterocycles. The molecule has 0 N–H and O–H groups in total. The van der Waals surface area contributed by atoms with Crippen LogP contribution in [0, 0.1) is 5.92 Å². The molecule has 1 aromatic carbocycles. The molecule has 1 aromatic rings. The van der Waals surface area contributed by atoms with Crippen molar-refractivity contribution in [1.82, 2.24) is 0 Å². The summed E-state index contributed by atoms with van der Waals surface area (Å²) in [5, 5.41) is 0. The first kappa shape index (κ1) is 26.9. The Hall–Kier alpha value is -3.35. The Bertz CT molecular complexity index is 900. The third kappa shape index (κ3) is 7.90. The lowest BCUT2D eigenvalue weighted by Gasteiger charge is -2.30. The highest BCUT2D eigenvalue weighted by Crippen LogP contribution is 2.28. The van der Waals surface area contributed by atoms with E-state index in [0.29, 0.717) is 18.1 Å². The van der Waals surface area contributed by atoms with Gasteiger partial charge in [0.15, 0.2) is 6.10 Å². The Morgan fingerprint density at radius 2 is 1.82 bits per heavy atom. The average molecular weight is 471 g/mol. The zero-order chi connectivity index (χ0) is 25.0. The molecule has 2 unspecified atom stereocenters. The molecule has 2 rings (SSSR count). The fourth-order valence-corrected chi connectivity index (χ4v) is 3.16. The molecule has 0 spiro atoms. The highest BCUT2D eigenvalue weighted by atomic mass is 16.6. The van der Waals surface area contributed by atoms with E-state index in [9.17, 15) is 14.4 Å². The Kier molecular flexibility index (Phi) is 10.6. The lowest BCUT2D eigenvalue weighted by molar-refractivity contribution is -0.182. The SMILES string of the molecule is C=CC(=O)OC(C[C@H](C)CC)C(=O)OC1(C(=O)Oc2ccc(OCCCC)cc2)C=CC=CC1. The van der Waals surface area contributed by atoms with E-state index < -0.39 is 29.6 Å². The standard InChI is InChI=1S/C27H34O7/c1-5-8-18-31-21-12-14-22(15-13-21)32-26(30)27(16-10-9-11-17-27)34-25(29)23(19-20(4)6-2)33-24(28)7-3/h7,9-16,20,23H,3,5-6,8,17-19H2,1-2,4H3/t20-,23?,27?/m1/s1. The number of esters is 3. The van der Waals surface area contributed by atoms with Crippen molar-refractivity contribution in [2.45, 2.75) is 64.6 Å². The van der Waals surface area contributed by atoms with Crippen LogP contribution < -0.4 is 9.47 Å². The summed E-state index contributed by atoms with van der Waals surface area (Å²) in [5.41, 5.74) is -1.67. The molecular formula is C27H34O7. The molecule has 0 aromatic heterocycles. The second-order valence-electron chi connectivity index (χ2n) is 8.24. The van der Waals surface area contributed by atoms with Gasteiger partial charge < -0.3 is 18.9 Å². The largest absolute Gasteiger partial charge is 0.494 e. The molecule has 0 heterocycles. The third-order valence-electron chi connectivity index (χ3n) is 5.46. The Morgan fingerprint density at radius 1 is 1.12 bits per heavy atom. The summed E-state index contributed by atoms with van der Waals surface area (Å²) in [6.07, 6.45) is 9.49. The zero-order valence-electron chi connectivity index (χ0n) is 20.2. The first-order chi connectivity index (χ1) is 16.3. The van der Waals surface area contributed by atoms with Gasteiger partial charge in [-0.1, -0.05) is 58.4 Å². The van der Waals surface area contributed by atoms with Gasteiger partial charge in [-0.2, -0.15) is 0 Å². The fourth-order valence-electron chi connectivity index (χ4n) is 3.16. The summed E-state index contributed by atoms with van der Waals surface area (Å²) in [7, 11) is 0. The number of carbonyl (C=O) groups is 3. The molecule has 1 aliphatic carbocycles. The van der Waals surface area contributed by atoms with E-state index in [1.807, 2.05) is 13.8 Å². The van der Waals surface area contributed by atoms with Gasteiger partial charge in [0, 0.05) is 12.5 Å². The van der Waals surface area contributed by atoms with E-state index in [1.165, 1.54) is 6.08 Å². The molecule has 0 radical (unpaired) electrons. The second kappa shape index (κ2) is 13.4. The van der Waals surface area contributed by atoms with Crippen LogP contribution in [-0.2, 0) is 23.9 Å². The smallest absolute Gasteiger partial charge is 0.360 e. The molecule has 184 valence electrons. The van der Waals surface area contributed by atoms with Crippen molar-refractivity contribution in [3.8, 4) is 11.5 Å². The Morgan fingerprint density at radius 3 is 2.41 bits per heavy atom. The molecule has 34 heavy (non-hydrogen) atoms. The van der Waals surface area contributed by atoms with Gasteiger partial charge in [-0.3, -0.25) is 0 Å². The van der Waals surface area contributed by atoms with Crippen molar-refractivity contribution in [3.05, 3.63) is 61.2 Å². The first-order valence-electron chi connectivity index (χ1n) is 11.7. The van der Waals surface area contributed by atoms with Crippen LogP contribution in [0.15, 0.2) is 61.2 Å². The summed E-state index contributed by atoms with van der Waals surface area (Å²) in [5.74, 6) is -1.24. The molecule has 0 saturated carbocycles. The van der Waals surface area contributed by atoms with Crippen LogP contribution in [0.4, 0.5) is 0 Å². The van der Waals surface area contributed by atoms with E-state index >= 15 is 0 Å². The lowest BCUT2D eigenvalue weighted by Crippen LogP contribution is -2.47. The lowest BCUT2D eigenvalue weighted by atomic mass is 9.94. The summed E-state index contributed by atoms with van der Waals surface area (Å²) >= 11 is 0. The van der Waals surface area contributed by atoms with Gasteiger partial charge in [-0.15, -0.1) is 0 Å². The van der Waals surface area contributed by atoms with Gasteiger partial charge in [-0.25, -0.2) is 14.4 Å². The van der Waals surface area contributed by atoms with Gasteiger partial charge in [0.2, 0.25) is 5.60 Å². The van der Waals surface area contributed by atoms with Crippen LogP contribution in [0.3, 0.4) is 0 Å². The normalized spacial score (nSPS) is 18.4. The number of ether oxygens (including phenoxy) is 4. The molecule has 0 amide bonds. The van der Waals surface area contributed by atoms with Gasteiger partial charge >= 0.3 is 17.9 Å². The van der Waals surface area contributed by atoms with Crippen molar-refractivity contribution in [3.63, 3.8) is 0 Å². The van der Waals surface area contributed by atoms with Crippen LogP contribution >= 0.6 is 0 Å². The third-order valence-corrected chi connectivity index (χ3v) is 5.46. The van der Waals surface area contributed by atoms with Gasteiger partial charge in [0.05, 0.1) is 6.61 Å². The Balaban J connectivity index is 2.15. The number of rotatable bonds is 13. The van der Waals surface area contributed by atoms with Crippen molar-refractivity contribution in [2.24, 2.45) is 5.92 Å². The number of allylic oxidation sites excluding steroid dienone is 2. The van der Waals surface area contributed by atoms with Gasteiger partial charge in [0.1, 0.15) is 11.5 Å². The monoisotopic (exact) mass is 470 g/mol. The van der Waals surface area contributed by atoms with Crippen LogP contribution in [0.2, 0.25) is 0 Å². The van der Waals surface area contributed by atoms with E-state index in [1.54, 1.807) is 42.5 Å². The van der Waals surface area contributed by atoms with Crippen LogP contribution in [0.25, 0.3) is 0 Å². The maximum atomic E-state index is 13.2. The number of hydrogen-bond acceptors (Lipinski definition) is 7. The van der Waals surface area contributed by atoms with E-state index in [0.717, 1.165) is 25.3 Å². The number of hydrogen-bond donors (Lipinski definition) is 0. The summed E-state index contributed by atoms with van der Waals surface area (Å²) < 4.78 is 22.1. The highest BCUT2D eigenvalue weighted by molar-refractivity contribution is 5.90. The number of benzene rings is 1. The highest BCUT2D eigenvalue weighted by Gasteiger charge is 2.44. The van der Waals surface area contributed by atoms with Crippen molar-refractivity contribution >= 4 is 17.9 Å². The maximum Gasteiger partial charge on any atom is 0.360 e. The summed E-state index contributed by atoms with van der Waals surface area (Å²) in [4.78, 5) is 38.0. The molecule has 0 bridgehead atoms. The molecule has 0 fully saturated rings. The minimum Gasteiger partial charge on any atom is -0.494 e. The summed E-state index contributed by atoms with van der Waals surface area (Å²) in [6, 6.07) is 6.66. The van der Waals surface area contributed by atoms with Crippen LogP contribution in [0.5, 0.6) is 11.5 Å². The van der Waals surface area contributed by atoms with Crippen molar-refractivity contribution in [2.75, 3.05) is 6.61 Å². The minimum absolute atomic E-state index is 0.0950. The van der Waals surface area contributed by atoms with Crippen molar-refractivity contribution < 1.29 is 33.3 Å². The average Bonchev–Trinajstić information content (AvgIpc) is 2.85. The molecular weight excluding hydrogens is 436 g/mol. The Labute approximate surface area is 201 Å². The van der Waals surface area contributed by atoms with Crippen molar-refractivity contribution in [1.29, 1.82) is 0 Å². The zero-order valence-corrected chi connectivity index (χ0v) is 20.2. The molecule has 7 nitrogen and oxygen atoms in total. The minimum atomic E-state index is -1.67. The van der Waals surface area contributed by atoms with E-state index in [4.69, 9.17) is 18.9 Å². The first-order valence-corrected chi connectivity index (χ1v) is 11.7. The molecule has 3 atom stereocenters. The number of carbonyl (C=O) groups excluding carboxylic acids is 3. The molecule has 7 heteroatoms. The predicted molar refractivity (Wildman–Crippen MR) is 128 cm³/mol. The predicted octanol–water partition coefficient (Wildman–Crippen LogP) is 5.10. The molecule has 0 saturated heterocycles. The van der Waals surface area contributed by atoms with Crippen LogP contribution in [-0.4, -0.2) is 36.2 Å². The molecule has 1 aliphatic rings. The number of unbranched alkanes of at least 4 members (excludes halogenated alkanes) is 1. The fraction of sp³-hybridized carbons (Fsp3) is 0.444. The van der Waals surface area contributed by atoms with Gasteiger partial charge in [0.25, 0.3) is 0 Å². The van der Waals surface area contributed by atoms with Crippen LogP contribution in [0.1, 0.15) is 52.9 Å². The van der Waals surface area contributed by atoms with E-state index in [-0.39, 0.29) is 18.8 Å². The second-order valence-corrected chi connectivity index (χ2v) is 8.24.